The molecule has 2 aromatic heterocycles. The van der Waals surface area contributed by atoms with E-state index in [2.05, 4.69) is 114 Å². The first-order valence-corrected chi connectivity index (χ1v) is 18.4. The summed E-state index contributed by atoms with van der Waals surface area (Å²) in [4.78, 5) is 24.5. The number of benzene rings is 8. The lowest BCUT2D eigenvalue weighted by molar-refractivity contribution is 1.07. The molecule has 10 rings (SSSR count). The summed E-state index contributed by atoms with van der Waals surface area (Å²) in [6.07, 6.45) is 1.81. The molecule has 5 nitrogen and oxygen atoms in total. The van der Waals surface area contributed by atoms with E-state index >= 15 is 0 Å². The van der Waals surface area contributed by atoms with Crippen molar-refractivity contribution in [1.82, 2.24) is 24.9 Å². The quantitative estimate of drug-likeness (QED) is 0.161. The van der Waals surface area contributed by atoms with E-state index in [1.165, 1.54) is 32.3 Å². The molecule has 0 aliphatic carbocycles. The van der Waals surface area contributed by atoms with Crippen LogP contribution in [0.1, 0.15) is 5.69 Å². The van der Waals surface area contributed by atoms with Gasteiger partial charge in [0.15, 0.2) is 23.3 Å². The largest absolute Gasteiger partial charge is 0.237 e. The molecule has 2 heterocycles. The van der Waals surface area contributed by atoms with Crippen molar-refractivity contribution < 1.29 is 0 Å². The molecule has 0 saturated heterocycles. The first kappa shape index (κ1) is 32.3. The van der Waals surface area contributed by atoms with E-state index in [9.17, 15) is 0 Å². The monoisotopic (exact) mass is 703 g/mol. The lowest BCUT2D eigenvalue weighted by Gasteiger charge is -2.15. The standard InChI is InChI=1S/C50H33N5/c1-32-25-26-51-47(52-32)37-18-12-17-35(27-37)38-28-39(36-23-24-45-43-21-9-8-19-41(43)42-20-10-11-22-44(42)46(45)31-36)30-40(29-38)50-54-48(33-13-4-2-5-14-33)53-49(55-50)34-15-6-3-7-16-34/h2-31H,1H3. The molecule has 0 radical (unpaired) electrons. The van der Waals surface area contributed by atoms with E-state index in [0.29, 0.717) is 23.3 Å². The van der Waals surface area contributed by atoms with Crippen LogP contribution in [0.15, 0.2) is 182 Å². The van der Waals surface area contributed by atoms with E-state index in [4.69, 9.17) is 19.9 Å². The third-order valence-corrected chi connectivity index (χ3v) is 10.2. The van der Waals surface area contributed by atoms with Crippen molar-refractivity contribution in [2.45, 2.75) is 6.92 Å². The van der Waals surface area contributed by atoms with E-state index in [0.717, 1.165) is 50.2 Å². The second kappa shape index (κ2) is 13.6. The summed E-state index contributed by atoms with van der Waals surface area (Å²) in [6.45, 7) is 1.99. The van der Waals surface area contributed by atoms with Crippen molar-refractivity contribution in [2.75, 3.05) is 0 Å². The van der Waals surface area contributed by atoms with Crippen LogP contribution >= 0.6 is 0 Å². The number of aromatic nitrogens is 5. The summed E-state index contributed by atoms with van der Waals surface area (Å²) in [6, 6.07) is 61.5. The van der Waals surface area contributed by atoms with Crippen LogP contribution in [0.4, 0.5) is 0 Å². The van der Waals surface area contributed by atoms with Crippen LogP contribution in [0.3, 0.4) is 0 Å². The van der Waals surface area contributed by atoms with Gasteiger partial charge in [-0.15, -0.1) is 0 Å². The molecule has 0 spiro atoms. The number of aryl methyl sites for hydroxylation is 1. The maximum Gasteiger partial charge on any atom is 0.164 e. The molecule has 0 N–H and O–H groups in total. The third-order valence-electron chi connectivity index (χ3n) is 10.2. The fourth-order valence-electron chi connectivity index (χ4n) is 7.54. The van der Waals surface area contributed by atoms with Crippen LogP contribution in [-0.2, 0) is 0 Å². The molecule has 8 aromatic carbocycles. The first-order valence-electron chi connectivity index (χ1n) is 18.4. The Hall–Kier alpha value is -7.37. The summed E-state index contributed by atoms with van der Waals surface area (Å²) in [7, 11) is 0. The molecule has 10 aromatic rings. The minimum atomic E-state index is 0.603. The summed E-state index contributed by atoms with van der Waals surface area (Å²) in [5, 5.41) is 7.45. The zero-order valence-corrected chi connectivity index (χ0v) is 30.1. The molecule has 0 saturated carbocycles. The second-order valence-corrected chi connectivity index (χ2v) is 13.8. The van der Waals surface area contributed by atoms with Crippen LogP contribution < -0.4 is 0 Å². The molecule has 0 aliphatic heterocycles. The molecule has 0 aliphatic rings. The first-order chi connectivity index (χ1) is 27.1. The fourth-order valence-corrected chi connectivity index (χ4v) is 7.54. The molecule has 258 valence electrons. The third kappa shape index (κ3) is 6.08. The lowest BCUT2D eigenvalue weighted by atomic mass is 9.90. The van der Waals surface area contributed by atoms with Gasteiger partial charge in [-0.2, -0.15) is 0 Å². The topological polar surface area (TPSA) is 64.5 Å². The van der Waals surface area contributed by atoms with Gasteiger partial charge in [0.2, 0.25) is 0 Å². The van der Waals surface area contributed by atoms with Crippen LogP contribution in [0.5, 0.6) is 0 Å². The highest BCUT2D eigenvalue weighted by atomic mass is 15.0. The molecular formula is C50H33N5. The van der Waals surface area contributed by atoms with Gasteiger partial charge >= 0.3 is 0 Å². The van der Waals surface area contributed by atoms with Crippen molar-refractivity contribution in [3.05, 3.63) is 188 Å². The van der Waals surface area contributed by atoms with Crippen molar-refractivity contribution in [2.24, 2.45) is 0 Å². The van der Waals surface area contributed by atoms with Crippen molar-refractivity contribution in [3.63, 3.8) is 0 Å². The number of hydrogen-bond acceptors (Lipinski definition) is 5. The number of nitrogens with zero attached hydrogens (tertiary/aromatic N) is 5. The molecule has 5 heteroatoms. The molecule has 0 unspecified atom stereocenters. The summed E-state index contributed by atoms with van der Waals surface area (Å²) in [5.74, 6) is 2.55. The van der Waals surface area contributed by atoms with Crippen molar-refractivity contribution >= 4 is 32.3 Å². The molecule has 0 atom stereocenters. The van der Waals surface area contributed by atoms with Gasteiger partial charge in [-0.05, 0) is 97.9 Å². The van der Waals surface area contributed by atoms with Crippen LogP contribution in [0.2, 0.25) is 0 Å². The maximum absolute atomic E-state index is 5.13. The van der Waals surface area contributed by atoms with E-state index in [-0.39, 0.29) is 0 Å². The number of hydrogen-bond donors (Lipinski definition) is 0. The molecule has 0 amide bonds. The Kier molecular flexibility index (Phi) is 7.96. The fraction of sp³-hybridized carbons (Fsp3) is 0.0200. The van der Waals surface area contributed by atoms with Crippen molar-refractivity contribution in [1.29, 1.82) is 0 Å². The van der Waals surface area contributed by atoms with Gasteiger partial charge < -0.3 is 0 Å². The van der Waals surface area contributed by atoms with E-state index < -0.39 is 0 Å². The minimum absolute atomic E-state index is 0.603. The number of fused-ring (bicyclic) bond motifs is 6. The number of rotatable bonds is 6. The summed E-state index contributed by atoms with van der Waals surface area (Å²) >= 11 is 0. The Morgan fingerprint density at radius 2 is 0.709 bits per heavy atom. The zero-order chi connectivity index (χ0) is 36.7. The Bertz CT molecular complexity index is 2960. The predicted molar refractivity (Wildman–Crippen MR) is 225 cm³/mol. The average molecular weight is 704 g/mol. The zero-order valence-electron chi connectivity index (χ0n) is 30.1. The SMILES string of the molecule is Cc1ccnc(-c2cccc(-c3cc(-c4ccc5c6ccccc6c6ccccc6c5c4)cc(-c4nc(-c5ccccc5)nc(-c5ccccc5)n4)c3)c2)n1. The van der Waals surface area contributed by atoms with Gasteiger partial charge in [-0.1, -0.05) is 140 Å². The smallest absolute Gasteiger partial charge is 0.164 e. The van der Waals surface area contributed by atoms with Gasteiger partial charge in [0.1, 0.15) is 0 Å². The second-order valence-electron chi connectivity index (χ2n) is 13.8. The van der Waals surface area contributed by atoms with Gasteiger partial charge in [-0.25, -0.2) is 24.9 Å². The highest BCUT2D eigenvalue weighted by Gasteiger charge is 2.16. The maximum atomic E-state index is 5.13. The van der Waals surface area contributed by atoms with E-state index in [1.54, 1.807) is 0 Å². The highest BCUT2D eigenvalue weighted by molar-refractivity contribution is 6.25. The van der Waals surface area contributed by atoms with Gasteiger partial charge in [0.25, 0.3) is 0 Å². The van der Waals surface area contributed by atoms with Gasteiger partial charge in [0, 0.05) is 34.1 Å². The molecule has 0 fully saturated rings. The highest BCUT2D eigenvalue weighted by Crippen LogP contribution is 2.39. The molecule has 0 bridgehead atoms. The van der Waals surface area contributed by atoms with Crippen LogP contribution in [-0.4, -0.2) is 24.9 Å². The van der Waals surface area contributed by atoms with Gasteiger partial charge in [-0.3, -0.25) is 0 Å². The Balaban J connectivity index is 1.21. The van der Waals surface area contributed by atoms with Gasteiger partial charge in [0.05, 0.1) is 0 Å². The Morgan fingerprint density at radius 3 is 1.29 bits per heavy atom. The normalized spacial score (nSPS) is 11.4. The lowest BCUT2D eigenvalue weighted by Crippen LogP contribution is -2.00. The molecular weight excluding hydrogens is 671 g/mol. The summed E-state index contributed by atoms with van der Waals surface area (Å²) in [5.41, 5.74) is 8.88. The van der Waals surface area contributed by atoms with Crippen molar-refractivity contribution in [3.8, 4) is 67.8 Å². The Morgan fingerprint density at radius 1 is 0.273 bits per heavy atom. The average Bonchev–Trinajstić information content (AvgIpc) is 3.26. The van der Waals surface area contributed by atoms with E-state index in [1.807, 2.05) is 79.9 Å². The minimum Gasteiger partial charge on any atom is -0.237 e. The molecule has 55 heavy (non-hydrogen) atoms. The Labute approximate surface area is 318 Å². The van der Waals surface area contributed by atoms with Crippen LogP contribution in [0, 0.1) is 6.92 Å². The summed E-state index contributed by atoms with van der Waals surface area (Å²) < 4.78 is 0. The predicted octanol–water partition coefficient (Wildman–Crippen LogP) is 12.4. The van der Waals surface area contributed by atoms with Crippen LogP contribution in [0.25, 0.3) is 100 Å².